The molecular formula is C7H11BrF2O. The van der Waals surface area contributed by atoms with Gasteiger partial charge in [-0.05, 0) is 6.42 Å². The first-order valence-electron chi connectivity index (χ1n) is 3.68. The largest absolute Gasteiger partial charge is 0.381 e. The zero-order valence-corrected chi connectivity index (χ0v) is 7.74. The smallest absolute Gasteiger partial charge is 0.255 e. The molecule has 1 aliphatic rings. The van der Waals surface area contributed by atoms with E-state index in [-0.39, 0.29) is 19.6 Å². The van der Waals surface area contributed by atoms with Crippen LogP contribution in [0.4, 0.5) is 8.78 Å². The third-order valence-corrected chi connectivity index (χ3v) is 2.41. The van der Waals surface area contributed by atoms with Crippen molar-refractivity contribution in [2.24, 2.45) is 5.92 Å². The van der Waals surface area contributed by atoms with Crippen LogP contribution in [0.1, 0.15) is 12.8 Å². The predicted molar refractivity (Wildman–Crippen MR) is 42.3 cm³/mol. The van der Waals surface area contributed by atoms with Crippen molar-refractivity contribution >= 4 is 15.9 Å². The van der Waals surface area contributed by atoms with Gasteiger partial charge in [0.15, 0.2) is 0 Å². The van der Waals surface area contributed by atoms with Gasteiger partial charge in [-0.1, -0.05) is 15.9 Å². The van der Waals surface area contributed by atoms with E-state index in [1.165, 1.54) is 0 Å². The Morgan fingerprint density at radius 2 is 2.27 bits per heavy atom. The van der Waals surface area contributed by atoms with Gasteiger partial charge in [0.05, 0.1) is 13.2 Å². The molecule has 0 bridgehead atoms. The van der Waals surface area contributed by atoms with Crippen LogP contribution in [0.5, 0.6) is 0 Å². The highest BCUT2D eigenvalue weighted by molar-refractivity contribution is 9.09. The summed E-state index contributed by atoms with van der Waals surface area (Å²) in [5, 5.41) is 0.622. The summed E-state index contributed by atoms with van der Waals surface area (Å²) < 4.78 is 30.9. The van der Waals surface area contributed by atoms with E-state index in [2.05, 4.69) is 15.9 Å². The Bertz CT molecular complexity index is 128. The summed E-state index contributed by atoms with van der Waals surface area (Å²) in [5.74, 6) is -3.10. The van der Waals surface area contributed by atoms with E-state index in [9.17, 15) is 8.78 Å². The van der Waals surface area contributed by atoms with Crippen LogP contribution >= 0.6 is 15.9 Å². The highest BCUT2D eigenvalue weighted by atomic mass is 79.9. The molecular weight excluding hydrogens is 218 g/mol. The second-order valence-electron chi connectivity index (χ2n) is 2.76. The summed E-state index contributed by atoms with van der Waals surface area (Å²) >= 11 is 3.15. The summed E-state index contributed by atoms with van der Waals surface area (Å²) in [6.07, 6.45) is 0.373. The van der Waals surface area contributed by atoms with E-state index in [1.807, 2.05) is 0 Å². The van der Waals surface area contributed by atoms with Gasteiger partial charge in [0.2, 0.25) is 0 Å². The minimum absolute atomic E-state index is 0.120. The highest BCUT2D eigenvalue weighted by Gasteiger charge is 2.41. The molecule has 0 aromatic heterocycles. The van der Waals surface area contributed by atoms with Crippen molar-refractivity contribution in [3.63, 3.8) is 0 Å². The van der Waals surface area contributed by atoms with Crippen LogP contribution in [0, 0.1) is 5.92 Å². The lowest BCUT2D eigenvalue weighted by Crippen LogP contribution is -2.38. The van der Waals surface area contributed by atoms with Crippen molar-refractivity contribution in [1.29, 1.82) is 0 Å². The highest BCUT2D eigenvalue weighted by Crippen LogP contribution is 2.34. The molecule has 1 atom stereocenters. The maximum atomic E-state index is 13.0. The molecule has 1 aliphatic heterocycles. The lowest BCUT2D eigenvalue weighted by molar-refractivity contribution is -0.141. The zero-order valence-electron chi connectivity index (χ0n) is 6.16. The number of rotatable bonds is 2. The quantitative estimate of drug-likeness (QED) is 0.661. The number of ether oxygens (including phenoxy) is 1. The molecule has 1 fully saturated rings. The second kappa shape index (κ2) is 3.81. The average Bonchev–Trinajstić information content (AvgIpc) is 1.94. The average molecular weight is 229 g/mol. The van der Waals surface area contributed by atoms with E-state index in [0.717, 1.165) is 0 Å². The number of hydrogen-bond donors (Lipinski definition) is 0. The third-order valence-electron chi connectivity index (χ3n) is 1.95. The second-order valence-corrected chi connectivity index (χ2v) is 3.55. The SMILES string of the molecule is FC1(F)CCOCC1CCBr. The lowest BCUT2D eigenvalue weighted by atomic mass is 9.95. The molecule has 0 spiro atoms. The molecule has 1 heterocycles. The first-order chi connectivity index (χ1) is 5.17. The summed E-state index contributed by atoms with van der Waals surface area (Å²) in [5.41, 5.74) is 0. The Balaban J connectivity index is 2.45. The summed E-state index contributed by atoms with van der Waals surface area (Å²) in [4.78, 5) is 0. The standard InChI is InChI=1S/C7H11BrF2O/c8-3-1-6-5-11-4-2-7(6,9)10/h6H,1-5H2. The van der Waals surface area contributed by atoms with Gasteiger partial charge >= 0.3 is 0 Å². The molecule has 1 saturated heterocycles. The van der Waals surface area contributed by atoms with Gasteiger partial charge in [0.1, 0.15) is 0 Å². The first-order valence-corrected chi connectivity index (χ1v) is 4.80. The fourth-order valence-corrected chi connectivity index (χ4v) is 1.74. The molecule has 0 aromatic carbocycles. The number of alkyl halides is 3. The van der Waals surface area contributed by atoms with Crippen molar-refractivity contribution in [1.82, 2.24) is 0 Å². The van der Waals surface area contributed by atoms with Crippen molar-refractivity contribution in [3.8, 4) is 0 Å². The molecule has 0 saturated carbocycles. The molecule has 0 radical (unpaired) electrons. The zero-order chi connectivity index (χ0) is 8.32. The van der Waals surface area contributed by atoms with Crippen molar-refractivity contribution < 1.29 is 13.5 Å². The van der Waals surface area contributed by atoms with Gasteiger partial charge in [0, 0.05) is 17.7 Å². The summed E-state index contributed by atoms with van der Waals surface area (Å²) in [6.45, 7) is 0.407. The fraction of sp³-hybridized carbons (Fsp3) is 1.00. The molecule has 0 aromatic rings. The maximum Gasteiger partial charge on any atom is 0.255 e. The minimum atomic E-state index is -2.51. The first kappa shape index (κ1) is 9.39. The molecule has 0 aliphatic carbocycles. The predicted octanol–water partition coefficient (Wildman–Crippen LogP) is 2.44. The van der Waals surface area contributed by atoms with Crippen LogP contribution in [0.2, 0.25) is 0 Å². The van der Waals surface area contributed by atoms with Crippen molar-refractivity contribution in [2.75, 3.05) is 18.5 Å². The van der Waals surface area contributed by atoms with Crippen LogP contribution in [0.15, 0.2) is 0 Å². The van der Waals surface area contributed by atoms with Gasteiger partial charge in [-0.15, -0.1) is 0 Å². The molecule has 1 unspecified atom stereocenters. The van der Waals surface area contributed by atoms with Crippen molar-refractivity contribution in [2.45, 2.75) is 18.8 Å². The Labute approximate surface area is 73.2 Å². The normalized spacial score (nSPS) is 30.3. The number of halogens is 3. The van der Waals surface area contributed by atoms with Gasteiger partial charge < -0.3 is 4.74 Å². The van der Waals surface area contributed by atoms with Gasteiger partial charge in [-0.25, -0.2) is 8.78 Å². The number of hydrogen-bond acceptors (Lipinski definition) is 1. The van der Waals surface area contributed by atoms with E-state index >= 15 is 0 Å². The minimum Gasteiger partial charge on any atom is -0.381 e. The summed E-state index contributed by atoms with van der Waals surface area (Å²) in [6, 6.07) is 0. The Morgan fingerprint density at radius 3 is 2.82 bits per heavy atom. The third kappa shape index (κ3) is 2.37. The van der Waals surface area contributed by atoms with E-state index in [4.69, 9.17) is 4.74 Å². The molecule has 0 N–H and O–H groups in total. The van der Waals surface area contributed by atoms with Crippen LogP contribution in [0.25, 0.3) is 0 Å². The monoisotopic (exact) mass is 228 g/mol. The van der Waals surface area contributed by atoms with Crippen LogP contribution < -0.4 is 0 Å². The van der Waals surface area contributed by atoms with Gasteiger partial charge in [-0.3, -0.25) is 0 Å². The molecule has 1 rings (SSSR count). The molecule has 66 valence electrons. The molecule has 1 nitrogen and oxygen atoms in total. The van der Waals surface area contributed by atoms with Gasteiger partial charge in [0.25, 0.3) is 5.92 Å². The molecule has 11 heavy (non-hydrogen) atoms. The van der Waals surface area contributed by atoms with Crippen LogP contribution in [0.3, 0.4) is 0 Å². The Kier molecular flexibility index (Phi) is 3.25. The Hall–Kier alpha value is 0.300. The molecule has 4 heteroatoms. The van der Waals surface area contributed by atoms with Crippen LogP contribution in [-0.4, -0.2) is 24.5 Å². The summed E-state index contributed by atoms with van der Waals surface area (Å²) in [7, 11) is 0. The Morgan fingerprint density at radius 1 is 1.55 bits per heavy atom. The van der Waals surface area contributed by atoms with E-state index in [1.54, 1.807) is 0 Å². The van der Waals surface area contributed by atoms with Gasteiger partial charge in [-0.2, -0.15) is 0 Å². The fourth-order valence-electron chi connectivity index (χ4n) is 1.19. The lowest BCUT2D eigenvalue weighted by Gasteiger charge is -2.30. The van der Waals surface area contributed by atoms with Crippen LogP contribution in [-0.2, 0) is 4.74 Å². The maximum absolute atomic E-state index is 13.0. The molecule has 0 amide bonds. The van der Waals surface area contributed by atoms with E-state index in [0.29, 0.717) is 11.8 Å². The van der Waals surface area contributed by atoms with Crippen molar-refractivity contribution in [3.05, 3.63) is 0 Å². The topological polar surface area (TPSA) is 9.23 Å². The van der Waals surface area contributed by atoms with E-state index < -0.39 is 11.8 Å².